The summed E-state index contributed by atoms with van der Waals surface area (Å²) in [5.74, 6) is -1.64. The maximum atomic E-state index is 13.4. The number of halogens is 2. The molecule has 0 bridgehead atoms. The van der Waals surface area contributed by atoms with Crippen molar-refractivity contribution in [2.24, 2.45) is 15.8 Å². The number of ketones is 1. The molecule has 0 radical (unpaired) electrons. The van der Waals surface area contributed by atoms with Crippen LogP contribution in [0.4, 0.5) is 14.5 Å². The highest BCUT2D eigenvalue weighted by atomic mass is 19.1. The number of hydrogen-bond acceptors (Lipinski definition) is 2. The maximum absolute atomic E-state index is 13.4. The van der Waals surface area contributed by atoms with Crippen molar-refractivity contribution in [2.75, 3.05) is 0 Å². The first-order valence-electron chi connectivity index (χ1n) is 7.92. The van der Waals surface area contributed by atoms with Gasteiger partial charge in [0.2, 0.25) is 5.78 Å². The molecule has 0 spiro atoms. The molecular formula is C20H23F2NO. The number of carbonyl (C=O) groups excluding carboxylic acids is 1. The quantitative estimate of drug-likeness (QED) is 0.619. The molecule has 1 aliphatic carbocycles. The van der Waals surface area contributed by atoms with Crippen molar-refractivity contribution in [3.8, 4) is 0 Å². The fourth-order valence-corrected chi connectivity index (χ4v) is 2.43. The fourth-order valence-electron chi connectivity index (χ4n) is 2.43. The number of carbonyl (C=O) groups is 1. The number of allylic oxidation sites excluding steroid dienone is 4. The van der Waals surface area contributed by atoms with Gasteiger partial charge in [-0.3, -0.25) is 4.79 Å². The maximum Gasteiger partial charge on any atom is 0.207 e. The summed E-state index contributed by atoms with van der Waals surface area (Å²) in [4.78, 5) is 17.0. The Hall–Kier alpha value is -2.10. The predicted octanol–water partition coefficient (Wildman–Crippen LogP) is 5.57. The Morgan fingerprint density at radius 2 is 1.38 bits per heavy atom. The SMILES string of the molecule is CC(C)(C)C1=CC(=Nc2cc(F)cc(F)c2)C(=O)C(C(C)(C)C)=C1. The van der Waals surface area contributed by atoms with Gasteiger partial charge in [0, 0.05) is 11.6 Å². The first-order valence-corrected chi connectivity index (χ1v) is 7.92. The Kier molecular flexibility index (Phi) is 4.62. The van der Waals surface area contributed by atoms with Crippen LogP contribution in [-0.2, 0) is 4.79 Å². The number of nitrogens with zero attached hydrogens (tertiary/aromatic N) is 1. The molecule has 0 aromatic heterocycles. The minimum Gasteiger partial charge on any atom is -0.287 e. The standard InChI is InChI=1S/C20H23F2NO/c1-19(2,3)12-7-16(20(4,5)6)18(24)17(8-12)23-15-10-13(21)9-14(22)11-15/h7-11H,1-6H3. The lowest BCUT2D eigenvalue weighted by Crippen LogP contribution is -2.29. The molecule has 0 amide bonds. The number of Topliss-reactive ketones (excluding diaryl/α,β-unsaturated/α-hetero) is 1. The van der Waals surface area contributed by atoms with E-state index in [0.29, 0.717) is 5.57 Å². The lowest BCUT2D eigenvalue weighted by molar-refractivity contribution is -0.110. The van der Waals surface area contributed by atoms with Crippen LogP contribution in [0, 0.1) is 22.5 Å². The molecular weight excluding hydrogens is 308 g/mol. The Labute approximate surface area is 142 Å². The topological polar surface area (TPSA) is 29.4 Å². The van der Waals surface area contributed by atoms with Gasteiger partial charge >= 0.3 is 0 Å². The van der Waals surface area contributed by atoms with E-state index in [1.807, 2.05) is 47.6 Å². The highest BCUT2D eigenvalue weighted by Gasteiger charge is 2.32. The summed E-state index contributed by atoms with van der Waals surface area (Å²) < 4.78 is 26.8. The van der Waals surface area contributed by atoms with Crippen LogP contribution in [0.3, 0.4) is 0 Å². The smallest absolute Gasteiger partial charge is 0.207 e. The first kappa shape index (κ1) is 18.2. The Morgan fingerprint density at radius 1 is 0.833 bits per heavy atom. The Morgan fingerprint density at radius 3 is 1.83 bits per heavy atom. The van der Waals surface area contributed by atoms with E-state index < -0.39 is 11.6 Å². The second-order valence-corrected chi connectivity index (χ2v) is 8.11. The van der Waals surface area contributed by atoms with E-state index in [1.54, 1.807) is 6.08 Å². The van der Waals surface area contributed by atoms with Gasteiger partial charge < -0.3 is 0 Å². The van der Waals surface area contributed by atoms with E-state index in [9.17, 15) is 13.6 Å². The summed E-state index contributed by atoms with van der Waals surface area (Å²) in [5, 5.41) is 0. The highest BCUT2D eigenvalue weighted by Crippen LogP contribution is 2.36. The molecule has 0 heterocycles. The zero-order valence-electron chi connectivity index (χ0n) is 15.0. The van der Waals surface area contributed by atoms with Gasteiger partial charge in [0.15, 0.2) is 0 Å². The second kappa shape index (κ2) is 6.08. The molecule has 0 fully saturated rings. The minimum absolute atomic E-state index is 0.0931. The number of aliphatic imine (C=N–C) groups is 1. The zero-order valence-corrected chi connectivity index (χ0v) is 15.0. The lowest BCUT2D eigenvalue weighted by atomic mass is 9.74. The highest BCUT2D eigenvalue weighted by molar-refractivity contribution is 6.51. The van der Waals surface area contributed by atoms with Gasteiger partial charge in [0.1, 0.15) is 17.3 Å². The number of benzene rings is 1. The van der Waals surface area contributed by atoms with Crippen molar-refractivity contribution in [3.63, 3.8) is 0 Å². The molecule has 0 saturated carbocycles. The Balaban J connectivity index is 2.60. The summed E-state index contributed by atoms with van der Waals surface area (Å²) in [6, 6.07) is 3.01. The third kappa shape index (κ3) is 4.05. The van der Waals surface area contributed by atoms with Crippen LogP contribution < -0.4 is 0 Å². The monoisotopic (exact) mass is 331 g/mol. The molecule has 128 valence electrons. The van der Waals surface area contributed by atoms with Crippen LogP contribution in [0.2, 0.25) is 0 Å². The zero-order chi connectivity index (χ0) is 18.3. The van der Waals surface area contributed by atoms with Crippen molar-refractivity contribution in [1.29, 1.82) is 0 Å². The summed E-state index contributed by atoms with van der Waals surface area (Å²) >= 11 is 0. The van der Waals surface area contributed by atoms with E-state index in [-0.39, 0.29) is 28.0 Å². The van der Waals surface area contributed by atoms with Crippen molar-refractivity contribution in [2.45, 2.75) is 41.5 Å². The fraction of sp³-hybridized carbons (Fsp3) is 0.400. The van der Waals surface area contributed by atoms with Crippen LogP contribution in [0.25, 0.3) is 0 Å². The van der Waals surface area contributed by atoms with E-state index >= 15 is 0 Å². The van der Waals surface area contributed by atoms with Crippen molar-refractivity contribution in [3.05, 3.63) is 53.1 Å². The number of hydrogen-bond donors (Lipinski definition) is 0. The molecule has 2 nitrogen and oxygen atoms in total. The summed E-state index contributed by atoms with van der Waals surface area (Å²) in [7, 11) is 0. The summed E-state index contributed by atoms with van der Waals surface area (Å²) in [6.07, 6.45) is 3.62. The van der Waals surface area contributed by atoms with Crippen LogP contribution >= 0.6 is 0 Å². The summed E-state index contributed by atoms with van der Waals surface area (Å²) in [5.41, 5.74) is 1.38. The molecule has 0 unspecified atom stereocenters. The summed E-state index contributed by atoms with van der Waals surface area (Å²) in [6.45, 7) is 12.0. The van der Waals surface area contributed by atoms with Gasteiger partial charge in [-0.2, -0.15) is 0 Å². The van der Waals surface area contributed by atoms with Gasteiger partial charge in [-0.05, 0) is 34.6 Å². The van der Waals surface area contributed by atoms with E-state index in [2.05, 4.69) is 4.99 Å². The lowest BCUT2D eigenvalue weighted by Gasteiger charge is -2.29. The van der Waals surface area contributed by atoms with E-state index in [1.165, 1.54) is 0 Å². The minimum atomic E-state index is -0.718. The largest absolute Gasteiger partial charge is 0.287 e. The van der Waals surface area contributed by atoms with Gasteiger partial charge in [-0.15, -0.1) is 0 Å². The second-order valence-electron chi connectivity index (χ2n) is 8.11. The first-order chi connectivity index (χ1) is 10.9. The molecule has 2 rings (SSSR count). The molecule has 0 aliphatic heterocycles. The third-order valence-electron chi connectivity index (χ3n) is 3.84. The van der Waals surface area contributed by atoms with Gasteiger partial charge in [-0.25, -0.2) is 13.8 Å². The molecule has 0 N–H and O–H groups in total. The molecule has 4 heteroatoms. The normalized spacial score (nSPS) is 17.8. The molecule has 24 heavy (non-hydrogen) atoms. The van der Waals surface area contributed by atoms with Gasteiger partial charge in [0.25, 0.3) is 0 Å². The van der Waals surface area contributed by atoms with Crippen LogP contribution in [-0.4, -0.2) is 11.5 Å². The number of rotatable bonds is 1. The third-order valence-corrected chi connectivity index (χ3v) is 3.84. The van der Waals surface area contributed by atoms with Crippen LogP contribution in [0.15, 0.2) is 46.5 Å². The van der Waals surface area contributed by atoms with E-state index in [4.69, 9.17) is 0 Å². The Bertz CT molecular complexity index is 752. The molecule has 1 aromatic carbocycles. The van der Waals surface area contributed by atoms with Crippen molar-refractivity contribution < 1.29 is 13.6 Å². The molecule has 1 aliphatic rings. The van der Waals surface area contributed by atoms with Gasteiger partial charge in [-0.1, -0.05) is 47.6 Å². The van der Waals surface area contributed by atoms with Gasteiger partial charge in [0.05, 0.1) is 5.69 Å². The van der Waals surface area contributed by atoms with Crippen molar-refractivity contribution in [1.82, 2.24) is 0 Å². The average molecular weight is 331 g/mol. The average Bonchev–Trinajstić information content (AvgIpc) is 2.37. The molecule has 1 aromatic rings. The van der Waals surface area contributed by atoms with E-state index in [0.717, 1.165) is 23.8 Å². The predicted molar refractivity (Wildman–Crippen MR) is 93.5 cm³/mol. The van der Waals surface area contributed by atoms with Crippen LogP contribution in [0.5, 0.6) is 0 Å². The van der Waals surface area contributed by atoms with Crippen LogP contribution in [0.1, 0.15) is 41.5 Å². The molecule has 0 atom stereocenters. The van der Waals surface area contributed by atoms with Crippen molar-refractivity contribution >= 4 is 17.2 Å². The molecule has 0 saturated heterocycles.